The number of rotatable bonds is 1. The molecule has 0 heterocycles. The summed E-state index contributed by atoms with van der Waals surface area (Å²) in [6, 6.07) is 3.03. The molecule has 0 saturated heterocycles. The zero-order valence-corrected chi connectivity index (χ0v) is 9.44. The summed E-state index contributed by atoms with van der Waals surface area (Å²) in [6.07, 6.45) is 0. The molecule has 1 aromatic rings. The molecule has 0 spiro atoms. The van der Waals surface area contributed by atoms with Gasteiger partial charge in [0, 0.05) is 0 Å². The Hall–Kier alpha value is -0.410. The second-order valence-corrected chi connectivity index (χ2v) is 4.49. The van der Waals surface area contributed by atoms with E-state index in [1.165, 1.54) is 6.07 Å². The summed E-state index contributed by atoms with van der Waals surface area (Å²) in [5, 5.41) is 9.70. The molecule has 1 aromatic carbocycles. The molecule has 0 bridgehead atoms. The standard InChI is InChI=1S/C10H12BrFO/c1-6-4-8(11)9(12)5-7(6)10(2,3)13/h4-5,13H,1-3H3. The van der Waals surface area contributed by atoms with Gasteiger partial charge in [-0.3, -0.25) is 0 Å². The van der Waals surface area contributed by atoms with Gasteiger partial charge in [-0.25, -0.2) is 4.39 Å². The van der Waals surface area contributed by atoms with E-state index in [0.29, 0.717) is 10.0 Å². The molecule has 72 valence electrons. The number of hydrogen-bond donors (Lipinski definition) is 1. The third kappa shape index (κ3) is 2.29. The lowest BCUT2D eigenvalue weighted by Crippen LogP contribution is -2.17. The van der Waals surface area contributed by atoms with Crippen LogP contribution in [0.5, 0.6) is 0 Å². The number of benzene rings is 1. The molecule has 0 saturated carbocycles. The average molecular weight is 247 g/mol. The highest BCUT2D eigenvalue weighted by molar-refractivity contribution is 9.10. The van der Waals surface area contributed by atoms with E-state index < -0.39 is 5.60 Å². The van der Waals surface area contributed by atoms with Crippen LogP contribution in [-0.4, -0.2) is 5.11 Å². The Morgan fingerprint density at radius 2 is 1.92 bits per heavy atom. The summed E-state index contributed by atoms with van der Waals surface area (Å²) in [5.41, 5.74) is 0.500. The van der Waals surface area contributed by atoms with Crippen LogP contribution in [-0.2, 0) is 5.60 Å². The molecular weight excluding hydrogens is 235 g/mol. The zero-order chi connectivity index (χ0) is 10.2. The second kappa shape index (κ2) is 3.39. The highest BCUT2D eigenvalue weighted by atomic mass is 79.9. The van der Waals surface area contributed by atoms with Gasteiger partial charge in [0.15, 0.2) is 0 Å². The van der Waals surface area contributed by atoms with Crippen molar-refractivity contribution < 1.29 is 9.50 Å². The lowest BCUT2D eigenvalue weighted by Gasteiger charge is -2.20. The lowest BCUT2D eigenvalue weighted by atomic mass is 9.94. The van der Waals surface area contributed by atoms with E-state index in [0.717, 1.165) is 5.56 Å². The third-order valence-electron chi connectivity index (χ3n) is 1.93. The van der Waals surface area contributed by atoms with Gasteiger partial charge in [-0.2, -0.15) is 0 Å². The van der Waals surface area contributed by atoms with Crippen LogP contribution in [0.4, 0.5) is 4.39 Å². The topological polar surface area (TPSA) is 20.2 Å². The molecule has 0 aliphatic heterocycles. The van der Waals surface area contributed by atoms with E-state index >= 15 is 0 Å². The van der Waals surface area contributed by atoms with Crippen LogP contribution < -0.4 is 0 Å². The summed E-state index contributed by atoms with van der Waals surface area (Å²) in [5.74, 6) is -0.345. The molecule has 0 fully saturated rings. The smallest absolute Gasteiger partial charge is 0.137 e. The largest absolute Gasteiger partial charge is 0.386 e. The van der Waals surface area contributed by atoms with E-state index in [9.17, 15) is 9.50 Å². The Morgan fingerprint density at radius 1 is 1.38 bits per heavy atom. The molecule has 0 unspecified atom stereocenters. The van der Waals surface area contributed by atoms with E-state index in [1.807, 2.05) is 6.92 Å². The molecule has 1 N–H and O–H groups in total. The van der Waals surface area contributed by atoms with Crippen molar-refractivity contribution in [2.24, 2.45) is 0 Å². The highest BCUT2D eigenvalue weighted by Gasteiger charge is 2.19. The van der Waals surface area contributed by atoms with Crippen molar-refractivity contribution in [3.8, 4) is 0 Å². The predicted molar refractivity (Wildman–Crippen MR) is 54.1 cm³/mol. The monoisotopic (exact) mass is 246 g/mol. The van der Waals surface area contributed by atoms with Crippen LogP contribution in [0.1, 0.15) is 25.0 Å². The van der Waals surface area contributed by atoms with Gasteiger partial charge >= 0.3 is 0 Å². The quantitative estimate of drug-likeness (QED) is 0.808. The van der Waals surface area contributed by atoms with E-state index in [-0.39, 0.29) is 5.82 Å². The summed E-state index contributed by atoms with van der Waals surface area (Å²) in [7, 11) is 0. The lowest BCUT2D eigenvalue weighted by molar-refractivity contribution is 0.0775. The fourth-order valence-electron chi connectivity index (χ4n) is 1.31. The molecule has 0 aromatic heterocycles. The number of halogens is 2. The molecule has 1 nitrogen and oxygen atoms in total. The van der Waals surface area contributed by atoms with E-state index in [4.69, 9.17) is 0 Å². The summed E-state index contributed by atoms with van der Waals surface area (Å²) >= 11 is 3.09. The Morgan fingerprint density at radius 3 is 2.38 bits per heavy atom. The molecule has 13 heavy (non-hydrogen) atoms. The molecule has 0 aliphatic carbocycles. The molecule has 0 atom stereocenters. The van der Waals surface area contributed by atoms with Crippen LogP contribution >= 0.6 is 15.9 Å². The van der Waals surface area contributed by atoms with Crippen LogP contribution in [0.25, 0.3) is 0 Å². The maximum atomic E-state index is 13.1. The highest BCUT2D eigenvalue weighted by Crippen LogP contribution is 2.27. The van der Waals surface area contributed by atoms with Crippen LogP contribution in [0.3, 0.4) is 0 Å². The number of aryl methyl sites for hydroxylation is 1. The predicted octanol–water partition coefficient (Wildman–Crippen LogP) is 3.12. The van der Waals surface area contributed by atoms with Crippen molar-refractivity contribution in [2.45, 2.75) is 26.4 Å². The van der Waals surface area contributed by atoms with Gasteiger partial charge in [0.25, 0.3) is 0 Å². The van der Waals surface area contributed by atoms with E-state index in [2.05, 4.69) is 15.9 Å². The van der Waals surface area contributed by atoms with Crippen LogP contribution in [0.15, 0.2) is 16.6 Å². The third-order valence-corrected chi connectivity index (χ3v) is 2.53. The number of aliphatic hydroxyl groups is 1. The first-order chi connectivity index (χ1) is 5.82. The Kier molecular flexibility index (Phi) is 2.78. The zero-order valence-electron chi connectivity index (χ0n) is 7.86. The Bertz CT molecular complexity index is 328. The van der Waals surface area contributed by atoms with Crippen molar-refractivity contribution in [1.29, 1.82) is 0 Å². The fourth-order valence-corrected chi connectivity index (χ4v) is 1.76. The van der Waals surface area contributed by atoms with E-state index in [1.54, 1.807) is 19.9 Å². The van der Waals surface area contributed by atoms with Crippen LogP contribution in [0, 0.1) is 12.7 Å². The minimum absolute atomic E-state index is 0.345. The van der Waals surface area contributed by atoms with Crippen molar-refractivity contribution in [2.75, 3.05) is 0 Å². The van der Waals surface area contributed by atoms with Crippen LogP contribution in [0.2, 0.25) is 0 Å². The van der Waals surface area contributed by atoms with Gasteiger partial charge in [0.1, 0.15) is 5.82 Å². The summed E-state index contributed by atoms with van der Waals surface area (Å²) in [4.78, 5) is 0. The molecule has 3 heteroatoms. The van der Waals surface area contributed by atoms with Gasteiger partial charge < -0.3 is 5.11 Å². The minimum atomic E-state index is -0.994. The van der Waals surface area contributed by atoms with Gasteiger partial charge in [0.05, 0.1) is 10.1 Å². The SMILES string of the molecule is Cc1cc(Br)c(F)cc1C(C)(C)O. The van der Waals surface area contributed by atoms with Crippen molar-refractivity contribution in [1.82, 2.24) is 0 Å². The minimum Gasteiger partial charge on any atom is -0.386 e. The average Bonchev–Trinajstić information content (AvgIpc) is 1.94. The van der Waals surface area contributed by atoms with Crippen molar-refractivity contribution >= 4 is 15.9 Å². The first-order valence-electron chi connectivity index (χ1n) is 4.01. The van der Waals surface area contributed by atoms with Gasteiger partial charge in [0.2, 0.25) is 0 Å². The fraction of sp³-hybridized carbons (Fsp3) is 0.400. The first kappa shape index (κ1) is 10.7. The second-order valence-electron chi connectivity index (χ2n) is 3.64. The molecule has 0 radical (unpaired) electrons. The summed E-state index contributed by atoms with van der Waals surface area (Å²) in [6.45, 7) is 5.13. The Labute approximate surface area is 85.7 Å². The van der Waals surface area contributed by atoms with Gasteiger partial charge in [-0.05, 0) is 60.0 Å². The maximum Gasteiger partial charge on any atom is 0.137 e. The molecule has 0 aliphatic rings. The summed E-state index contributed by atoms with van der Waals surface area (Å²) < 4.78 is 13.6. The van der Waals surface area contributed by atoms with Crippen molar-refractivity contribution in [3.05, 3.63) is 33.5 Å². The normalized spacial score (nSPS) is 11.8. The maximum absolute atomic E-state index is 13.1. The number of hydrogen-bond acceptors (Lipinski definition) is 1. The van der Waals surface area contributed by atoms with Crippen molar-refractivity contribution in [3.63, 3.8) is 0 Å². The van der Waals surface area contributed by atoms with Gasteiger partial charge in [-0.1, -0.05) is 0 Å². The molecule has 0 amide bonds. The van der Waals surface area contributed by atoms with Gasteiger partial charge in [-0.15, -0.1) is 0 Å². The molecule has 1 rings (SSSR count). The molecular formula is C10H12BrFO. The first-order valence-corrected chi connectivity index (χ1v) is 4.80. The Balaban J connectivity index is 3.32.